The predicted molar refractivity (Wildman–Crippen MR) is 124 cm³/mol. The number of rotatable bonds is 8. The summed E-state index contributed by atoms with van der Waals surface area (Å²) in [5.41, 5.74) is 2.53. The quantitative estimate of drug-likeness (QED) is 0.288. The van der Waals surface area contributed by atoms with E-state index >= 15 is 0 Å². The van der Waals surface area contributed by atoms with Crippen molar-refractivity contribution < 1.29 is 4.74 Å². The maximum atomic E-state index is 5.12. The van der Waals surface area contributed by atoms with Crippen molar-refractivity contribution in [1.29, 1.82) is 0 Å². The second kappa shape index (κ2) is 10.9. The summed E-state index contributed by atoms with van der Waals surface area (Å²) in [7, 11) is 0. The lowest BCUT2D eigenvalue weighted by Crippen LogP contribution is -2.10. The second-order valence-corrected chi connectivity index (χ2v) is 6.05. The number of fused-ring (bicyclic) bond motifs is 1. The van der Waals surface area contributed by atoms with E-state index in [0.717, 1.165) is 16.6 Å². The molecule has 0 spiro atoms. The lowest BCUT2D eigenvalue weighted by atomic mass is 10.2. The first-order valence-electron chi connectivity index (χ1n) is 9.23. The summed E-state index contributed by atoms with van der Waals surface area (Å²) < 4.78 is 5.12. The van der Waals surface area contributed by atoms with E-state index < -0.39 is 0 Å². The fraction of sp³-hybridized carbons (Fsp3) is 0.190. The van der Waals surface area contributed by atoms with Gasteiger partial charge in [0.15, 0.2) is 0 Å². The van der Waals surface area contributed by atoms with Crippen molar-refractivity contribution in [2.45, 2.75) is 25.7 Å². The lowest BCUT2D eigenvalue weighted by molar-refractivity contribution is 0.352. The second-order valence-electron chi connectivity index (χ2n) is 5.60. The number of benzene rings is 1. The number of thiol groups is 1. The zero-order valence-electron chi connectivity index (χ0n) is 16.9. The smallest absolute Gasteiger partial charge is 0.225 e. The molecule has 0 radical (unpaired) electrons. The van der Waals surface area contributed by atoms with Gasteiger partial charge < -0.3 is 15.4 Å². The van der Waals surface area contributed by atoms with Gasteiger partial charge in [-0.1, -0.05) is 33.1 Å². The molecule has 0 saturated carbocycles. The van der Waals surface area contributed by atoms with Gasteiger partial charge in [0.25, 0.3) is 0 Å². The van der Waals surface area contributed by atoms with Crippen LogP contribution in [0.2, 0.25) is 0 Å². The summed E-state index contributed by atoms with van der Waals surface area (Å²) in [5.74, 6) is 1.53. The third kappa shape index (κ3) is 5.86. The van der Waals surface area contributed by atoms with Gasteiger partial charge in [0.1, 0.15) is 11.6 Å². The summed E-state index contributed by atoms with van der Waals surface area (Å²) in [4.78, 5) is 9.64. The van der Waals surface area contributed by atoms with Crippen molar-refractivity contribution in [3.63, 3.8) is 0 Å². The number of nitrogens with zero attached hydrogens (tertiary/aromatic N) is 3. The Balaban J connectivity index is 0.00000145. The van der Waals surface area contributed by atoms with Crippen LogP contribution >= 0.6 is 12.6 Å². The Kier molecular flexibility index (Phi) is 8.29. The van der Waals surface area contributed by atoms with Crippen LogP contribution < -0.4 is 10.6 Å². The van der Waals surface area contributed by atoms with Crippen LogP contribution in [0.4, 0.5) is 17.5 Å². The lowest BCUT2D eigenvalue weighted by Gasteiger charge is -2.13. The number of aromatic nitrogens is 4. The van der Waals surface area contributed by atoms with Crippen molar-refractivity contribution >= 4 is 47.1 Å². The minimum Gasteiger partial charge on any atom is -0.469 e. The topological polar surface area (TPSA) is 87.8 Å². The molecule has 0 fully saturated rings. The summed E-state index contributed by atoms with van der Waals surface area (Å²) in [6, 6.07) is 5.88. The van der Waals surface area contributed by atoms with Gasteiger partial charge in [-0.3, -0.25) is 5.10 Å². The molecule has 2 heterocycles. The predicted octanol–water partition coefficient (Wildman–Crippen LogP) is 5.53. The van der Waals surface area contributed by atoms with Crippen LogP contribution in [0.25, 0.3) is 17.0 Å². The number of hydrogen-bond donors (Lipinski definition) is 4. The average molecular weight is 411 g/mol. The first-order chi connectivity index (χ1) is 14.1. The molecule has 152 valence electrons. The Labute approximate surface area is 176 Å². The molecule has 0 bridgehead atoms. The molecule has 0 atom stereocenters. The Morgan fingerprint density at radius 1 is 1.31 bits per heavy atom. The SMILES string of the molecule is C=COC(=C)CNc1nc(/C=C\C)c(S)c(Nc2ccc3[nH]ncc3c2)n1.CC. The standard InChI is InChI=1S/C19H20N6OS.C2H6/c1-4-6-16-17(27)18(24-19(23-16)20-10-12(3)26-5-2)22-14-7-8-15-13(9-14)11-21-25-15;1-2/h4-9,11,27H,2-3,10H2,1H3,(H,21,25)(H2,20,22,23,24);1-2H3/b6-4-;. The molecule has 1 aromatic carbocycles. The van der Waals surface area contributed by atoms with Crippen LogP contribution in [0.3, 0.4) is 0 Å². The van der Waals surface area contributed by atoms with Crippen LogP contribution in [0, 0.1) is 0 Å². The van der Waals surface area contributed by atoms with E-state index in [2.05, 4.69) is 56.6 Å². The van der Waals surface area contributed by atoms with Gasteiger partial charge in [0.2, 0.25) is 5.95 Å². The van der Waals surface area contributed by atoms with E-state index in [9.17, 15) is 0 Å². The molecule has 7 nitrogen and oxygen atoms in total. The van der Waals surface area contributed by atoms with E-state index in [4.69, 9.17) is 4.74 Å². The Bertz CT molecular complexity index is 1010. The van der Waals surface area contributed by atoms with E-state index in [1.807, 2.05) is 51.1 Å². The van der Waals surface area contributed by atoms with Crippen LogP contribution in [0.1, 0.15) is 26.5 Å². The van der Waals surface area contributed by atoms with Crippen LogP contribution in [-0.4, -0.2) is 26.7 Å². The maximum Gasteiger partial charge on any atom is 0.225 e. The van der Waals surface area contributed by atoms with Gasteiger partial charge in [0.05, 0.1) is 35.1 Å². The van der Waals surface area contributed by atoms with Gasteiger partial charge in [-0.2, -0.15) is 10.1 Å². The number of aromatic amines is 1. The third-order valence-electron chi connectivity index (χ3n) is 3.63. The highest BCUT2D eigenvalue weighted by atomic mass is 32.1. The highest BCUT2D eigenvalue weighted by Crippen LogP contribution is 2.28. The Morgan fingerprint density at radius 3 is 2.83 bits per heavy atom. The van der Waals surface area contributed by atoms with E-state index in [0.29, 0.717) is 34.7 Å². The van der Waals surface area contributed by atoms with Gasteiger partial charge in [-0.15, -0.1) is 12.6 Å². The van der Waals surface area contributed by atoms with E-state index in [1.165, 1.54) is 6.26 Å². The van der Waals surface area contributed by atoms with Crippen molar-refractivity contribution in [2.24, 2.45) is 0 Å². The Hall–Kier alpha value is -3.26. The fourth-order valence-electron chi connectivity index (χ4n) is 2.41. The monoisotopic (exact) mass is 410 g/mol. The summed E-state index contributed by atoms with van der Waals surface area (Å²) >= 11 is 4.59. The molecule has 0 amide bonds. The van der Waals surface area contributed by atoms with Gasteiger partial charge in [0, 0.05) is 11.1 Å². The van der Waals surface area contributed by atoms with Crippen molar-refractivity contribution in [3.05, 3.63) is 61.3 Å². The molecule has 3 N–H and O–H groups in total. The van der Waals surface area contributed by atoms with E-state index in [1.54, 1.807) is 6.20 Å². The fourth-order valence-corrected chi connectivity index (χ4v) is 2.64. The molecule has 8 heteroatoms. The number of H-pyrrole nitrogens is 1. The maximum absolute atomic E-state index is 5.12. The minimum absolute atomic E-state index is 0.355. The largest absolute Gasteiger partial charge is 0.469 e. The Morgan fingerprint density at radius 2 is 2.10 bits per heavy atom. The van der Waals surface area contributed by atoms with Gasteiger partial charge >= 0.3 is 0 Å². The molecule has 0 saturated heterocycles. The number of nitrogens with one attached hydrogen (secondary N) is 3. The zero-order chi connectivity index (χ0) is 21.2. The molecule has 0 aliphatic heterocycles. The first kappa shape index (κ1) is 22.0. The van der Waals surface area contributed by atoms with Gasteiger partial charge in [-0.05, 0) is 31.2 Å². The first-order valence-corrected chi connectivity index (χ1v) is 9.68. The normalized spacial score (nSPS) is 10.3. The molecule has 2 aromatic heterocycles. The molecular formula is C21H26N6OS. The van der Waals surface area contributed by atoms with Crippen LogP contribution in [-0.2, 0) is 4.74 Å². The molecule has 29 heavy (non-hydrogen) atoms. The van der Waals surface area contributed by atoms with E-state index in [-0.39, 0.29) is 0 Å². The summed E-state index contributed by atoms with van der Waals surface area (Å²) in [6.45, 7) is 13.6. The zero-order valence-corrected chi connectivity index (χ0v) is 17.8. The van der Waals surface area contributed by atoms with Crippen molar-refractivity contribution in [3.8, 4) is 0 Å². The van der Waals surface area contributed by atoms with Crippen LogP contribution in [0.15, 0.2) is 60.5 Å². The summed E-state index contributed by atoms with van der Waals surface area (Å²) in [5, 5.41) is 14.3. The molecule has 0 aliphatic carbocycles. The number of anilines is 3. The van der Waals surface area contributed by atoms with Crippen molar-refractivity contribution in [1.82, 2.24) is 20.2 Å². The number of ether oxygens (including phenoxy) is 1. The highest BCUT2D eigenvalue weighted by molar-refractivity contribution is 7.80. The van der Waals surface area contributed by atoms with Crippen LogP contribution in [0.5, 0.6) is 0 Å². The molecule has 3 rings (SSSR count). The highest BCUT2D eigenvalue weighted by Gasteiger charge is 2.11. The third-order valence-corrected chi connectivity index (χ3v) is 4.07. The number of hydrogen-bond acceptors (Lipinski definition) is 7. The number of allylic oxidation sites excluding steroid dienone is 1. The van der Waals surface area contributed by atoms with Crippen molar-refractivity contribution in [2.75, 3.05) is 17.2 Å². The molecule has 0 unspecified atom stereocenters. The summed E-state index contributed by atoms with van der Waals surface area (Å²) in [6.07, 6.45) is 6.86. The minimum atomic E-state index is 0.355. The molecular weight excluding hydrogens is 384 g/mol. The van der Waals surface area contributed by atoms with Gasteiger partial charge in [-0.25, -0.2) is 4.98 Å². The molecule has 3 aromatic rings. The molecule has 0 aliphatic rings. The average Bonchev–Trinajstić information content (AvgIpc) is 3.19.